The molecule has 0 saturated carbocycles. The first-order valence-corrected chi connectivity index (χ1v) is 8.05. The van der Waals surface area contributed by atoms with Crippen LogP contribution in [0.4, 0.5) is 0 Å². The van der Waals surface area contributed by atoms with E-state index in [9.17, 15) is 4.79 Å². The minimum atomic E-state index is -0.149. The fourth-order valence-corrected chi connectivity index (χ4v) is 2.91. The van der Waals surface area contributed by atoms with Crippen molar-refractivity contribution in [3.63, 3.8) is 0 Å². The summed E-state index contributed by atoms with van der Waals surface area (Å²) in [7, 11) is 4.75. The number of amides is 1. The molecule has 0 aliphatic rings. The predicted molar refractivity (Wildman–Crippen MR) is 94.5 cm³/mol. The summed E-state index contributed by atoms with van der Waals surface area (Å²) in [5.41, 5.74) is 1.47. The Bertz CT molecular complexity index is 721. The number of ether oxygens (including phenoxy) is 2. The zero-order valence-electron chi connectivity index (χ0n) is 13.1. The zero-order chi connectivity index (χ0) is 17.0. The maximum Gasteiger partial charge on any atom is 0.254 e. The average molecular weight is 399 g/mol. The second kappa shape index (κ2) is 7.70. The Balaban J connectivity index is 2.26. The molecule has 4 nitrogen and oxygen atoms in total. The van der Waals surface area contributed by atoms with E-state index in [-0.39, 0.29) is 5.91 Å². The number of nitrogens with zero attached hydrogens (tertiary/aromatic N) is 1. The molecule has 0 saturated heterocycles. The third-order valence-electron chi connectivity index (χ3n) is 3.39. The molecule has 6 heteroatoms. The van der Waals surface area contributed by atoms with Crippen LogP contribution < -0.4 is 9.47 Å². The normalized spacial score (nSPS) is 10.3. The van der Waals surface area contributed by atoms with Crippen molar-refractivity contribution in [2.45, 2.75) is 6.54 Å². The van der Waals surface area contributed by atoms with Crippen molar-refractivity contribution in [3.05, 3.63) is 57.0 Å². The first-order chi connectivity index (χ1) is 11.0. The van der Waals surface area contributed by atoms with E-state index in [0.717, 1.165) is 10.0 Å². The van der Waals surface area contributed by atoms with E-state index in [0.29, 0.717) is 28.6 Å². The fraction of sp³-hybridized carbons (Fsp3) is 0.235. The number of hydrogen-bond donors (Lipinski definition) is 0. The second-order valence-electron chi connectivity index (χ2n) is 4.95. The predicted octanol–water partition coefficient (Wildman–Crippen LogP) is 4.39. The van der Waals surface area contributed by atoms with Crippen LogP contribution in [0, 0.1) is 0 Å². The van der Waals surface area contributed by atoms with Gasteiger partial charge in [-0.1, -0.05) is 45.7 Å². The van der Waals surface area contributed by atoms with Gasteiger partial charge in [-0.05, 0) is 23.8 Å². The van der Waals surface area contributed by atoms with Crippen LogP contribution in [-0.2, 0) is 6.54 Å². The number of methoxy groups -OCH3 is 2. The highest BCUT2D eigenvalue weighted by molar-refractivity contribution is 9.10. The molecule has 0 aliphatic carbocycles. The van der Waals surface area contributed by atoms with Gasteiger partial charge in [0.1, 0.15) is 0 Å². The van der Waals surface area contributed by atoms with E-state index in [1.165, 1.54) is 14.2 Å². The van der Waals surface area contributed by atoms with Crippen LogP contribution in [0.1, 0.15) is 15.9 Å². The summed E-state index contributed by atoms with van der Waals surface area (Å²) >= 11 is 9.65. The molecule has 0 spiro atoms. The zero-order valence-corrected chi connectivity index (χ0v) is 15.4. The van der Waals surface area contributed by atoms with Gasteiger partial charge in [0.2, 0.25) is 0 Å². The maximum atomic E-state index is 12.6. The number of benzene rings is 2. The van der Waals surface area contributed by atoms with Gasteiger partial charge < -0.3 is 14.4 Å². The molecule has 0 unspecified atom stereocenters. The van der Waals surface area contributed by atoms with Crippen LogP contribution >= 0.6 is 27.5 Å². The lowest BCUT2D eigenvalue weighted by atomic mass is 10.1. The minimum absolute atomic E-state index is 0.149. The van der Waals surface area contributed by atoms with Gasteiger partial charge in [0, 0.05) is 23.6 Å². The molecule has 2 aromatic carbocycles. The molecule has 2 aromatic rings. The SMILES string of the molecule is COc1cc(C(=O)N(C)Cc2ccccc2Br)cc(Cl)c1OC. The third-order valence-corrected chi connectivity index (χ3v) is 4.45. The van der Waals surface area contributed by atoms with Gasteiger partial charge in [-0.2, -0.15) is 0 Å². The van der Waals surface area contributed by atoms with Gasteiger partial charge in [0.25, 0.3) is 5.91 Å². The van der Waals surface area contributed by atoms with Crippen LogP contribution in [0.25, 0.3) is 0 Å². The fourth-order valence-electron chi connectivity index (χ4n) is 2.22. The largest absolute Gasteiger partial charge is 0.493 e. The van der Waals surface area contributed by atoms with Crippen molar-refractivity contribution < 1.29 is 14.3 Å². The Morgan fingerprint density at radius 3 is 2.52 bits per heavy atom. The van der Waals surface area contributed by atoms with Crippen molar-refractivity contribution in [2.24, 2.45) is 0 Å². The smallest absolute Gasteiger partial charge is 0.254 e. The van der Waals surface area contributed by atoms with Crippen LogP contribution in [0.15, 0.2) is 40.9 Å². The monoisotopic (exact) mass is 397 g/mol. The summed E-state index contributed by atoms with van der Waals surface area (Å²) in [6.45, 7) is 0.478. The van der Waals surface area contributed by atoms with E-state index >= 15 is 0 Å². The molecule has 1 amide bonds. The molecule has 0 fully saturated rings. The highest BCUT2D eigenvalue weighted by atomic mass is 79.9. The summed E-state index contributed by atoms with van der Waals surface area (Å²) in [5.74, 6) is 0.695. The van der Waals surface area contributed by atoms with Gasteiger partial charge in [0.05, 0.1) is 19.2 Å². The number of rotatable bonds is 5. The first kappa shape index (κ1) is 17.6. The summed E-state index contributed by atoms with van der Waals surface area (Å²) in [4.78, 5) is 14.3. The van der Waals surface area contributed by atoms with Crippen molar-refractivity contribution in [1.29, 1.82) is 0 Å². The third kappa shape index (κ3) is 3.98. The molecular formula is C17H17BrClNO3. The summed E-state index contributed by atoms with van der Waals surface area (Å²) in [6.07, 6.45) is 0. The lowest BCUT2D eigenvalue weighted by molar-refractivity contribution is 0.0784. The van der Waals surface area contributed by atoms with Crippen LogP contribution in [-0.4, -0.2) is 32.1 Å². The average Bonchev–Trinajstić information content (AvgIpc) is 2.55. The van der Waals surface area contributed by atoms with E-state index in [1.807, 2.05) is 24.3 Å². The minimum Gasteiger partial charge on any atom is -0.493 e. The highest BCUT2D eigenvalue weighted by Gasteiger charge is 2.18. The molecule has 122 valence electrons. The van der Waals surface area contributed by atoms with Crippen molar-refractivity contribution in [1.82, 2.24) is 4.90 Å². The Kier molecular flexibility index (Phi) is 5.91. The molecule has 0 radical (unpaired) electrons. The Labute approximate surface area is 149 Å². The van der Waals surface area contributed by atoms with Crippen molar-refractivity contribution in [2.75, 3.05) is 21.3 Å². The quantitative estimate of drug-likeness (QED) is 0.750. The molecule has 0 heterocycles. The van der Waals surface area contributed by atoms with Gasteiger partial charge >= 0.3 is 0 Å². The molecular weight excluding hydrogens is 382 g/mol. The van der Waals surface area contributed by atoms with E-state index < -0.39 is 0 Å². The van der Waals surface area contributed by atoms with Crippen molar-refractivity contribution in [3.8, 4) is 11.5 Å². The molecule has 0 N–H and O–H groups in total. The molecule has 23 heavy (non-hydrogen) atoms. The van der Waals surface area contributed by atoms with Crippen LogP contribution in [0.3, 0.4) is 0 Å². The van der Waals surface area contributed by atoms with E-state index in [4.69, 9.17) is 21.1 Å². The van der Waals surface area contributed by atoms with E-state index in [1.54, 1.807) is 24.1 Å². The standard InChI is InChI=1S/C17H17BrClNO3/c1-20(10-11-6-4-5-7-13(11)18)17(21)12-8-14(19)16(23-3)15(9-12)22-2/h4-9H,10H2,1-3H3. The number of halogens is 2. The lowest BCUT2D eigenvalue weighted by Crippen LogP contribution is -2.26. The number of carbonyl (C=O) groups excluding carboxylic acids is 1. The molecule has 0 aromatic heterocycles. The first-order valence-electron chi connectivity index (χ1n) is 6.88. The maximum absolute atomic E-state index is 12.6. The summed E-state index contributed by atoms with van der Waals surface area (Å²) in [5, 5.41) is 0.337. The van der Waals surface area contributed by atoms with Crippen LogP contribution in [0.5, 0.6) is 11.5 Å². The Hall–Kier alpha value is -1.72. The van der Waals surface area contributed by atoms with Gasteiger partial charge in [0.15, 0.2) is 11.5 Å². The highest BCUT2D eigenvalue weighted by Crippen LogP contribution is 2.36. The molecule has 0 aliphatic heterocycles. The second-order valence-corrected chi connectivity index (χ2v) is 6.21. The molecule has 0 bridgehead atoms. The van der Waals surface area contributed by atoms with Crippen LogP contribution in [0.2, 0.25) is 5.02 Å². The van der Waals surface area contributed by atoms with Gasteiger partial charge in [-0.3, -0.25) is 4.79 Å². The van der Waals surface area contributed by atoms with Crippen molar-refractivity contribution >= 4 is 33.4 Å². The Morgan fingerprint density at radius 2 is 1.91 bits per heavy atom. The van der Waals surface area contributed by atoms with E-state index in [2.05, 4.69) is 15.9 Å². The number of hydrogen-bond acceptors (Lipinski definition) is 3. The summed E-state index contributed by atoms with van der Waals surface area (Å²) in [6, 6.07) is 11.0. The topological polar surface area (TPSA) is 38.8 Å². The van der Waals surface area contributed by atoms with Gasteiger partial charge in [-0.25, -0.2) is 0 Å². The summed E-state index contributed by atoms with van der Waals surface area (Å²) < 4.78 is 11.4. The molecule has 2 rings (SSSR count). The lowest BCUT2D eigenvalue weighted by Gasteiger charge is -2.19. The molecule has 0 atom stereocenters. The number of carbonyl (C=O) groups is 1. The van der Waals surface area contributed by atoms with Gasteiger partial charge in [-0.15, -0.1) is 0 Å². The Morgan fingerprint density at radius 1 is 1.22 bits per heavy atom.